The molecule has 0 saturated carbocycles. The van der Waals surface area contributed by atoms with Crippen LogP contribution >= 0.6 is 24.6 Å². The van der Waals surface area contributed by atoms with Gasteiger partial charge in [-0.25, -0.2) is 0 Å². The Bertz CT molecular complexity index is 105. The van der Waals surface area contributed by atoms with Crippen molar-refractivity contribution in [3.05, 3.63) is 10.3 Å². The molecule has 0 aliphatic rings. The fraction of sp³-hybridized carbons (Fsp3) is 0.600. The van der Waals surface area contributed by atoms with Crippen LogP contribution < -0.4 is 5.14 Å². The molecule has 0 radical (unpaired) electrons. The fourth-order valence-corrected chi connectivity index (χ4v) is 0.729. The SMILES string of the molecule is CCC(O)/C=C(/S)SN. The van der Waals surface area contributed by atoms with Crippen molar-refractivity contribution in [1.82, 2.24) is 0 Å². The van der Waals surface area contributed by atoms with Crippen LogP contribution in [0.25, 0.3) is 0 Å². The van der Waals surface area contributed by atoms with Gasteiger partial charge in [0.2, 0.25) is 0 Å². The first-order chi connectivity index (χ1) is 4.20. The third-order valence-electron chi connectivity index (χ3n) is 0.874. The maximum Gasteiger partial charge on any atom is 0.0737 e. The Balaban J connectivity index is 3.64. The molecule has 2 nitrogen and oxygen atoms in total. The summed E-state index contributed by atoms with van der Waals surface area (Å²) >= 11 is 5.00. The van der Waals surface area contributed by atoms with E-state index in [1.165, 1.54) is 0 Å². The van der Waals surface area contributed by atoms with Gasteiger partial charge >= 0.3 is 0 Å². The molecule has 0 heterocycles. The van der Waals surface area contributed by atoms with E-state index in [4.69, 9.17) is 10.2 Å². The molecule has 1 unspecified atom stereocenters. The van der Waals surface area contributed by atoms with Crippen LogP contribution in [0, 0.1) is 0 Å². The quantitative estimate of drug-likeness (QED) is 0.434. The van der Waals surface area contributed by atoms with Gasteiger partial charge in [0.05, 0.1) is 10.3 Å². The van der Waals surface area contributed by atoms with Crippen LogP contribution in [0.5, 0.6) is 0 Å². The predicted molar refractivity (Wildman–Crippen MR) is 45.1 cm³/mol. The molecular formula is C5H11NOS2. The average molecular weight is 165 g/mol. The second-order valence-corrected chi connectivity index (χ2v) is 3.06. The molecule has 9 heavy (non-hydrogen) atoms. The van der Waals surface area contributed by atoms with Crippen LogP contribution in [-0.4, -0.2) is 11.2 Å². The molecule has 0 amide bonds. The van der Waals surface area contributed by atoms with E-state index in [0.29, 0.717) is 10.7 Å². The molecule has 0 aliphatic carbocycles. The summed E-state index contributed by atoms with van der Waals surface area (Å²) in [6.07, 6.45) is 1.91. The summed E-state index contributed by atoms with van der Waals surface area (Å²) < 4.78 is 0.657. The molecular weight excluding hydrogens is 154 g/mol. The third-order valence-corrected chi connectivity index (χ3v) is 1.72. The lowest BCUT2D eigenvalue weighted by molar-refractivity contribution is 0.219. The Morgan fingerprint density at radius 3 is 2.89 bits per heavy atom. The van der Waals surface area contributed by atoms with Crippen molar-refractivity contribution in [3.8, 4) is 0 Å². The van der Waals surface area contributed by atoms with E-state index in [-0.39, 0.29) is 0 Å². The Morgan fingerprint density at radius 2 is 2.56 bits per heavy atom. The molecule has 0 aliphatic heterocycles. The van der Waals surface area contributed by atoms with Gasteiger partial charge in [0.15, 0.2) is 0 Å². The van der Waals surface area contributed by atoms with Crippen LogP contribution in [0.2, 0.25) is 0 Å². The van der Waals surface area contributed by atoms with E-state index in [2.05, 4.69) is 12.6 Å². The van der Waals surface area contributed by atoms with Crippen molar-refractivity contribution < 1.29 is 5.11 Å². The number of thiol groups is 1. The van der Waals surface area contributed by atoms with Crippen molar-refractivity contribution in [3.63, 3.8) is 0 Å². The Hall–Kier alpha value is 0.360. The largest absolute Gasteiger partial charge is 0.389 e. The van der Waals surface area contributed by atoms with Crippen molar-refractivity contribution in [2.45, 2.75) is 19.4 Å². The zero-order valence-electron chi connectivity index (χ0n) is 5.24. The average Bonchev–Trinajstić information content (AvgIpc) is 1.87. The molecule has 0 aromatic heterocycles. The first kappa shape index (κ1) is 9.36. The zero-order chi connectivity index (χ0) is 7.28. The molecule has 0 bridgehead atoms. The topological polar surface area (TPSA) is 46.2 Å². The second kappa shape index (κ2) is 5.17. The lowest BCUT2D eigenvalue weighted by atomic mass is 10.3. The summed E-state index contributed by atoms with van der Waals surface area (Å²) in [7, 11) is 0. The summed E-state index contributed by atoms with van der Waals surface area (Å²) in [5, 5.41) is 14.1. The van der Waals surface area contributed by atoms with Gasteiger partial charge in [-0.15, -0.1) is 12.6 Å². The summed E-state index contributed by atoms with van der Waals surface area (Å²) in [5.74, 6) is 0. The van der Waals surface area contributed by atoms with Crippen LogP contribution in [0.1, 0.15) is 13.3 Å². The van der Waals surface area contributed by atoms with Gasteiger partial charge < -0.3 is 5.11 Å². The number of nitrogens with two attached hydrogens (primary N) is 1. The molecule has 1 atom stereocenters. The molecule has 0 aromatic carbocycles. The maximum atomic E-state index is 8.97. The maximum absolute atomic E-state index is 8.97. The van der Waals surface area contributed by atoms with E-state index in [1.807, 2.05) is 6.92 Å². The van der Waals surface area contributed by atoms with Gasteiger partial charge in [0.1, 0.15) is 0 Å². The highest BCUT2D eigenvalue weighted by atomic mass is 32.2. The number of rotatable bonds is 3. The number of aliphatic hydroxyl groups is 1. The number of hydrogen-bond donors (Lipinski definition) is 3. The molecule has 0 spiro atoms. The minimum Gasteiger partial charge on any atom is -0.389 e. The predicted octanol–water partition coefficient (Wildman–Crippen LogP) is 1.14. The Labute approximate surface area is 65.1 Å². The van der Waals surface area contributed by atoms with Crippen LogP contribution in [0.3, 0.4) is 0 Å². The highest BCUT2D eigenvalue weighted by Crippen LogP contribution is 2.13. The molecule has 0 fully saturated rings. The van der Waals surface area contributed by atoms with Crippen molar-refractivity contribution >= 4 is 24.6 Å². The van der Waals surface area contributed by atoms with Crippen molar-refractivity contribution in [2.75, 3.05) is 0 Å². The Kier molecular flexibility index (Phi) is 5.38. The lowest BCUT2D eigenvalue weighted by Gasteiger charge is -1.99. The first-order valence-corrected chi connectivity index (χ1v) is 3.99. The van der Waals surface area contributed by atoms with Gasteiger partial charge in [-0.2, -0.15) is 0 Å². The number of hydrogen-bond acceptors (Lipinski definition) is 4. The van der Waals surface area contributed by atoms with Gasteiger partial charge in [0, 0.05) is 0 Å². The van der Waals surface area contributed by atoms with Crippen LogP contribution in [0.15, 0.2) is 10.3 Å². The van der Waals surface area contributed by atoms with E-state index in [1.54, 1.807) is 6.08 Å². The van der Waals surface area contributed by atoms with Crippen molar-refractivity contribution in [1.29, 1.82) is 0 Å². The van der Waals surface area contributed by atoms with Gasteiger partial charge in [-0.1, -0.05) is 6.92 Å². The highest BCUT2D eigenvalue weighted by molar-refractivity contribution is 8.14. The van der Waals surface area contributed by atoms with Crippen LogP contribution in [0.4, 0.5) is 0 Å². The summed E-state index contributed by atoms with van der Waals surface area (Å²) in [6, 6.07) is 0. The molecule has 4 heteroatoms. The number of aliphatic hydroxyl groups excluding tert-OH is 1. The highest BCUT2D eigenvalue weighted by Gasteiger charge is 1.95. The van der Waals surface area contributed by atoms with E-state index < -0.39 is 6.10 Å². The van der Waals surface area contributed by atoms with Crippen LogP contribution in [-0.2, 0) is 0 Å². The van der Waals surface area contributed by atoms with Gasteiger partial charge in [-0.3, -0.25) is 5.14 Å². The minimum atomic E-state index is -0.409. The third kappa shape index (κ3) is 4.84. The first-order valence-electron chi connectivity index (χ1n) is 2.66. The van der Waals surface area contributed by atoms with Crippen molar-refractivity contribution in [2.24, 2.45) is 5.14 Å². The standard InChI is InChI=1S/C5H11NOS2/c1-2-4(7)3-5(8)9-6/h3-4,7-8H,2,6H2,1H3/b5-3-. The summed E-state index contributed by atoms with van der Waals surface area (Å²) in [6.45, 7) is 1.89. The van der Waals surface area contributed by atoms with E-state index in [9.17, 15) is 0 Å². The monoisotopic (exact) mass is 165 g/mol. The molecule has 0 saturated heterocycles. The molecule has 0 rings (SSSR count). The fourth-order valence-electron chi connectivity index (χ4n) is 0.322. The van der Waals surface area contributed by atoms with E-state index in [0.717, 1.165) is 11.9 Å². The van der Waals surface area contributed by atoms with Gasteiger partial charge in [-0.05, 0) is 24.4 Å². The van der Waals surface area contributed by atoms with Gasteiger partial charge in [0.25, 0.3) is 0 Å². The molecule has 3 N–H and O–H groups in total. The molecule has 0 aromatic rings. The summed E-state index contributed by atoms with van der Waals surface area (Å²) in [5.41, 5.74) is 0. The molecule has 54 valence electrons. The Morgan fingerprint density at radius 1 is 2.00 bits per heavy atom. The smallest absolute Gasteiger partial charge is 0.0737 e. The van der Waals surface area contributed by atoms with E-state index >= 15 is 0 Å². The normalized spacial score (nSPS) is 15.8. The minimum absolute atomic E-state index is 0.409. The second-order valence-electron chi connectivity index (χ2n) is 1.60. The summed E-state index contributed by atoms with van der Waals surface area (Å²) in [4.78, 5) is 0. The lowest BCUT2D eigenvalue weighted by Crippen LogP contribution is -1.98. The zero-order valence-corrected chi connectivity index (χ0v) is 6.95.